The third-order valence-corrected chi connectivity index (χ3v) is 1.62. The van der Waals surface area contributed by atoms with E-state index in [0.717, 1.165) is 11.5 Å². The van der Waals surface area contributed by atoms with Gasteiger partial charge in [0, 0.05) is 0 Å². The lowest BCUT2D eigenvalue weighted by atomic mass is 10.1. The summed E-state index contributed by atoms with van der Waals surface area (Å²) < 4.78 is 0. The fourth-order valence-corrected chi connectivity index (χ4v) is 0.780. The Morgan fingerprint density at radius 3 is 2.00 bits per heavy atom. The standard InChI is InChI=1S/C8H12/c1-6(2)7(3)8-4-5-8/h8H,1,3-5H2,2H3. The minimum absolute atomic E-state index is 0.799. The largest absolute Gasteiger partial charge is 0.0958 e. The molecule has 0 aromatic heterocycles. The van der Waals surface area contributed by atoms with Gasteiger partial charge in [-0.1, -0.05) is 18.7 Å². The van der Waals surface area contributed by atoms with E-state index in [1.165, 1.54) is 18.4 Å². The Morgan fingerprint density at radius 1 is 1.38 bits per heavy atom. The molecule has 1 fully saturated rings. The Morgan fingerprint density at radius 2 is 1.88 bits per heavy atom. The number of hydrogen-bond acceptors (Lipinski definition) is 0. The highest BCUT2D eigenvalue weighted by Crippen LogP contribution is 2.38. The SMILES string of the molecule is C=C(C)C(=C)C1CC1. The van der Waals surface area contributed by atoms with Crippen molar-refractivity contribution >= 4 is 0 Å². The third-order valence-electron chi connectivity index (χ3n) is 1.62. The maximum Gasteiger partial charge on any atom is -0.0165 e. The van der Waals surface area contributed by atoms with Gasteiger partial charge in [0.25, 0.3) is 0 Å². The second-order valence-corrected chi connectivity index (χ2v) is 2.58. The summed E-state index contributed by atoms with van der Waals surface area (Å²) in [4.78, 5) is 0. The van der Waals surface area contributed by atoms with Gasteiger partial charge in [0.2, 0.25) is 0 Å². The number of allylic oxidation sites excluding steroid dienone is 2. The van der Waals surface area contributed by atoms with Gasteiger partial charge in [0.05, 0.1) is 0 Å². The Kier molecular flexibility index (Phi) is 1.24. The molecular weight excluding hydrogens is 96.1 g/mol. The van der Waals surface area contributed by atoms with Crippen molar-refractivity contribution in [3.63, 3.8) is 0 Å². The predicted octanol–water partition coefficient (Wildman–Crippen LogP) is 2.53. The van der Waals surface area contributed by atoms with Gasteiger partial charge >= 0.3 is 0 Å². The van der Waals surface area contributed by atoms with E-state index in [0.29, 0.717) is 0 Å². The molecule has 8 heavy (non-hydrogen) atoms. The monoisotopic (exact) mass is 108 g/mol. The van der Waals surface area contributed by atoms with Crippen molar-refractivity contribution < 1.29 is 0 Å². The molecule has 0 unspecified atom stereocenters. The Hall–Kier alpha value is -0.520. The van der Waals surface area contributed by atoms with Crippen LogP contribution in [0, 0.1) is 5.92 Å². The summed E-state index contributed by atoms with van der Waals surface area (Å²) >= 11 is 0. The van der Waals surface area contributed by atoms with Crippen LogP contribution < -0.4 is 0 Å². The topological polar surface area (TPSA) is 0 Å². The number of hydrogen-bond donors (Lipinski definition) is 0. The molecule has 0 heteroatoms. The Balaban J connectivity index is 2.45. The molecule has 1 rings (SSSR count). The minimum atomic E-state index is 0.799. The van der Waals surface area contributed by atoms with E-state index in [1.54, 1.807) is 0 Å². The molecule has 0 atom stereocenters. The predicted molar refractivity (Wildman–Crippen MR) is 36.7 cm³/mol. The molecule has 0 aromatic rings. The molecule has 0 aliphatic heterocycles. The van der Waals surface area contributed by atoms with E-state index in [2.05, 4.69) is 13.2 Å². The van der Waals surface area contributed by atoms with Crippen LogP contribution >= 0.6 is 0 Å². The second kappa shape index (κ2) is 1.77. The average molecular weight is 108 g/mol. The Labute approximate surface area is 50.9 Å². The number of rotatable bonds is 2. The third kappa shape index (κ3) is 1.00. The highest BCUT2D eigenvalue weighted by atomic mass is 14.3. The molecule has 0 saturated heterocycles. The molecule has 44 valence electrons. The summed E-state index contributed by atoms with van der Waals surface area (Å²) in [5.41, 5.74) is 2.43. The lowest BCUT2D eigenvalue weighted by Gasteiger charge is -1.98. The molecule has 0 heterocycles. The van der Waals surface area contributed by atoms with Crippen LogP contribution in [0.2, 0.25) is 0 Å². The van der Waals surface area contributed by atoms with Crippen LogP contribution in [-0.4, -0.2) is 0 Å². The van der Waals surface area contributed by atoms with Crippen molar-refractivity contribution in [3.05, 3.63) is 24.3 Å². The van der Waals surface area contributed by atoms with Gasteiger partial charge in [0.1, 0.15) is 0 Å². The van der Waals surface area contributed by atoms with Crippen molar-refractivity contribution in [2.45, 2.75) is 19.8 Å². The molecular formula is C8H12. The maximum absolute atomic E-state index is 3.92. The molecule has 0 nitrogen and oxygen atoms in total. The van der Waals surface area contributed by atoms with Crippen molar-refractivity contribution in [1.82, 2.24) is 0 Å². The first-order valence-electron chi connectivity index (χ1n) is 3.06. The average Bonchev–Trinajstić information content (AvgIpc) is 2.43. The highest BCUT2D eigenvalue weighted by Gasteiger charge is 2.24. The van der Waals surface area contributed by atoms with Gasteiger partial charge in [-0.2, -0.15) is 0 Å². The fraction of sp³-hybridized carbons (Fsp3) is 0.500. The highest BCUT2D eigenvalue weighted by molar-refractivity contribution is 5.28. The first-order valence-corrected chi connectivity index (χ1v) is 3.06. The minimum Gasteiger partial charge on any atom is -0.0958 e. The zero-order valence-electron chi connectivity index (χ0n) is 5.41. The van der Waals surface area contributed by atoms with Gasteiger partial charge in [-0.25, -0.2) is 0 Å². The maximum atomic E-state index is 3.92. The lowest BCUT2D eigenvalue weighted by molar-refractivity contribution is 1.03. The van der Waals surface area contributed by atoms with Crippen LogP contribution in [0.5, 0.6) is 0 Å². The van der Waals surface area contributed by atoms with Crippen LogP contribution in [-0.2, 0) is 0 Å². The van der Waals surface area contributed by atoms with Crippen molar-refractivity contribution in [2.75, 3.05) is 0 Å². The van der Waals surface area contributed by atoms with Crippen molar-refractivity contribution in [1.29, 1.82) is 0 Å². The van der Waals surface area contributed by atoms with Crippen LogP contribution in [0.1, 0.15) is 19.8 Å². The zero-order chi connectivity index (χ0) is 6.15. The normalized spacial score (nSPS) is 18.1. The molecule has 1 aliphatic carbocycles. The van der Waals surface area contributed by atoms with Gasteiger partial charge < -0.3 is 0 Å². The van der Waals surface area contributed by atoms with E-state index in [4.69, 9.17) is 0 Å². The smallest absolute Gasteiger partial charge is 0.0165 e. The van der Waals surface area contributed by atoms with Crippen LogP contribution in [0.3, 0.4) is 0 Å². The fourth-order valence-electron chi connectivity index (χ4n) is 0.780. The summed E-state index contributed by atoms with van der Waals surface area (Å²) in [6, 6.07) is 0. The molecule has 0 amide bonds. The van der Waals surface area contributed by atoms with Gasteiger partial charge in [0.15, 0.2) is 0 Å². The quantitative estimate of drug-likeness (QED) is 0.477. The first kappa shape index (κ1) is 5.61. The molecule has 1 saturated carbocycles. The van der Waals surface area contributed by atoms with E-state index in [-0.39, 0.29) is 0 Å². The molecule has 1 aliphatic rings. The van der Waals surface area contributed by atoms with Gasteiger partial charge in [-0.05, 0) is 31.3 Å². The van der Waals surface area contributed by atoms with Crippen LogP contribution in [0.4, 0.5) is 0 Å². The first-order chi connectivity index (χ1) is 3.72. The molecule has 0 aromatic carbocycles. The van der Waals surface area contributed by atoms with E-state index in [9.17, 15) is 0 Å². The summed E-state index contributed by atoms with van der Waals surface area (Å²) in [7, 11) is 0. The van der Waals surface area contributed by atoms with Gasteiger partial charge in [-0.3, -0.25) is 0 Å². The molecule has 0 spiro atoms. The van der Waals surface area contributed by atoms with E-state index in [1.807, 2.05) is 6.92 Å². The summed E-state index contributed by atoms with van der Waals surface area (Å²) in [5, 5.41) is 0. The zero-order valence-corrected chi connectivity index (χ0v) is 5.41. The summed E-state index contributed by atoms with van der Waals surface area (Å²) in [6.45, 7) is 9.76. The summed E-state index contributed by atoms with van der Waals surface area (Å²) in [5.74, 6) is 0.799. The van der Waals surface area contributed by atoms with Gasteiger partial charge in [-0.15, -0.1) is 0 Å². The van der Waals surface area contributed by atoms with Crippen molar-refractivity contribution in [3.8, 4) is 0 Å². The molecule has 0 bridgehead atoms. The molecule has 0 N–H and O–H groups in total. The summed E-state index contributed by atoms with van der Waals surface area (Å²) in [6.07, 6.45) is 2.68. The van der Waals surface area contributed by atoms with E-state index >= 15 is 0 Å². The lowest BCUT2D eigenvalue weighted by Crippen LogP contribution is -1.81. The van der Waals surface area contributed by atoms with Crippen LogP contribution in [0.25, 0.3) is 0 Å². The van der Waals surface area contributed by atoms with Crippen LogP contribution in [0.15, 0.2) is 24.3 Å². The molecule has 0 radical (unpaired) electrons. The second-order valence-electron chi connectivity index (χ2n) is 2.58. The Bertz CT molecular complexity index is 127. The van der Waals surface area contributed by atoms with Crippen molar-refractivity contribution in [2.24, 2.45) is 5.92 Å². The van der Waals surface area contributed by atoms with E-state index < -0.39 is 0 Å².